The first kappa shape index (κ1) is 53.1. The first-order chi connectivity index (χ1) is 27.4. The molecule has 0 saturated heterocycles. The number of ether oxygens (including phenoxy) is 2. The fraction of sp³-hybridized carbons (Fsp3) is 0.814. The number of hydrogen-bond acceptors (Lipinski definition) is 12. The molecule has 1 fully saturated rings. The Morgan fingerprint density at radius 1 is 0.544 bits per heavy atom. The summed E-state index contributed by atoms with van der Waals surface area (Å²) in [6.07, 6.45) is 23.7. The first-order valence-corrected chi connectivity index (χ1v) is 23.3. The fourth-order valence-corrected chi connectivity index (χ4v) is 7.37. The molecular weight excluding hydrogens is 755 g/mol. The average molecular weight is 833 g/mol. The second kappa shape index (κ2) is 33.9. The van der Waals surface area contributed by atoms with Gasteiger partial charge in [-0.15, -0.1) is 0 Å². The minimum Gasteiger partial charge on any atom is -0.462 e. The Morgan fingerprint density at radius 2 is 0.982 bits per heavy atom. The van der Waals surface area contributed by atoms with E-state index in [0.717, 1.165) is 44.9 Å². The van der Waals surface area contributed by atoms with Gasteiger partial charge in [-0.2, -0.15) is 0 Å². The summed E-state index contributed by atoms with van der Waals surface area (Å²) in [5.41, 5.74) is 0. The molecule has 0 spiro atoms. The van der Waals surface area contributed by atoms with Gasteiger partial charge in [-0.25, -0.2) is 4.57 Å². The summed E-state index contributed by atoms with van der Waals surface area (Å²) in [4.78, 5) is 35.5. The van der Waals surface area contributed by atoms with Gasteiger partial charge >= 0.3 is 19.8 Å². The topological polar surface area (TPSA) is 210 Å². The largest absolute Gasteiger partial charge is 0.472 e. The van der Waals surface area contributed by atoms with Crippen molar-refractivity contribution in [1.29, 1.82) is 0 Å². The van der Waals surface area contributed by atoms with Gasteiger partial charge in [0, 0.05) is 12.8 Å². The van der Waals surface area contributed by atoms with Crippen LogP contribution in [-0.2, 0) is 32.7 Å². The Kier molecular flexibility index (Phi) is 31.5. The van der Waals surface area contributed by atoms with Gasteiger partial charge in [0.2, 0.25) is 0 Å². The number of carbonyl (C=O) groups excluding carboxylic acids is 2. The van der Waals surface area contributed by atoms with Crippen LogP contribution in [0.4, 0.5) is 0 Å². The Morgan fingerprint density at radius 3 is 1.53 bits per heavy atom. The van der Waals surface area contributed by atoms with Crippen molar-refractivity contribution in [1.82, 2.24) is 0 Å². The zero-order chi connectivity index (χ0) is 42.2. The highest BCUT2D eigenvalue weighted by Gasteiger charge is 2.51. The van der Waals surface area contributed by atoms with Crippen molar-refractivity contribution in [3.63, 3.8) is 0 Å². The molecule has 0 heterocycles. The van der Waals surface area contributed by atoms with Crippen LogP contribution in [0, 0.1) is 0 Å². The van der Waals surface area contributed by atoms with Crippen LogP contribution in [0.2, 0.25) is 0 Å². The minimum absolute atomic E-state index is 0.00983. The van der Waals surface area contributed by atoms with Crippen LogP contribution in [0.3, 0.4) is 0 Å². The number of allylic oxidation sites excluding steroid dienone is 6. The molecule has 0 aromatic rings. The smallest absolute Gasteiger partial charge is 0.462 e. The highest BCUT2D eigenvalue weighted by Crippen LogP contribution is 2.47. The monoisotopic (exact) mass is 833 g/mol. The number of hydrogen-bond donors (Lipinski definition) is 6. The van der Waals surface area contributed by atoms with Gasteiger partial charge in [0.15, 0.2) is 6.10 Å². The molecule has 1 aliphatic carbocycles. The number of carbonyl (C=O) groups is 2. The molecule has 0 radical (unpaired) electrons. The molecule has 6 N–H and O–H groups in total. The van der Waals surface area contributed by atoms with Crippen LogP contribution >= 0.6 is 7.82 Å². The number of aliphatic hydroxyl groups is 5. The molecule has 1 rings (SSSR count). The molecule has 332 valence electrons. The number of esters is 2. The minimum atomic E-state index is -5.13. The maximum atomic E-state index is 12.8. The average Bonchev–Trinajstić information content (AvgIpc) is 3.19. The second-order valence-electron chi connectivity index (χ2n) is 15.2. The molecule has 0 aromatic carbocycles. The summed E-state index contributed by atoms with van der Waals surface area (Å²) in [5.74, 6) is -1.18. The highest BCUT2D eigenvalue weighted by molar-refractivity contribution is 7.47. The molecular formula is C43H77O13P. The Balaban J connectivity index is 2.52. The Hall–Kier alpha value is -1.93. The summed E-state index contributed by atoms with van der Waals surface area (Å²) < 4.78 is 33.4. The van der Waals surface area contributed by atoms with E-state index in [-0.39, 0.29) is 12.8 Å². The predicted octanol–water partition coefficient (Wildman–Crippen LogP) is 7.83. The van der Waals surface area contributed by atoms with Gasteiger partial charge in [0.05, 0.1) is 6.61 Å². The van der Waals surface area contributed by atoms with E-state index >= 15 is 0 Å². The van der Waals surface area contributed by atoms with Crippen LogP contribution in [-0.4, -0.2) is 98.3 Å². The maximum Gasteiger partial charge on any atom is 0.472 e. The van der Waals surface area contributed by atoms with E-state index in [2.05, 4.69) is 38.2 Å². The van der Waals surface area contributed by atoms with Crippen molar-refractivity contribution in [3.8, 4) is 0 Å². The van der Waals surface area contributed by atoms with Crippen LogP contribution in [0.25, 0.3) is 0 Å². The summed E-state index contributed by atoms with van der Waals surface area (Å²) in [6.45, 7) is 3.21. The molecule has 57 heavy (non-hydrogen) atoms. The number of phosphoric ester groups is 1. The number of aliphatic hydroxyl groups excluding tert-OH is 5. The highest BCUT2D eigenvalue weighted by atomic mass is 31.2. The van der Waals surface area contributed by atoms with Crippen molar-refractivity contribution in [2.45, 2.75) is 211 Å². The Bertz CT molecular complexity index is 1150. The summed E-state index contributed by atoms with van der Waals surface area (Å²) >= 11 is 0. The molecule has 0 aliphatic heterocycles. The zero-order valence-corrected chi connectivity index (χ0v) is 35.8. The van der Waals surface area contributed by atoms with Crippen LogP contribution in [0.1, 0.15) is 168 Å². The molecule has 0 aromatic heterocycles. The Labute approximate surface area is 342 Å². The van der Waals surface area contributed by atoms with Crippen LogP contribution in [0.15, 0.2) is 36.5 Å². The van der Waals surface area contributed by atoms with Crippen molar-refractivity contribution < 1.29 is 63.1 Å². The molecule has 7 unspecified atom stereocenters. The number of phosphoric acid groups is 1. The lowest BCUT2D eigenvalue weighted by Gasteiger charge is -2.41. The van der Waals surface area contributed by atoms with Crippen molar-refractivity contribution in [2.24, 2.45) is 0 Å². The molecule has 8 atom stereocenters. The lowest BCUT2D eigenvalue weighted by molar-refractivity contribution is -0.220. The van der Waals surface area contributed by atoms with E-state index in [4.69, 9.17) is 18.5 Å². The number of rotatable bonds is 35. The van der Waals surface area contributed by atoms with Crippen LogP contribution < -0.4 is 0 Å². The van der Waals surface area contributed by atoms with Gasteiger partial charge < -0.3 is 39.9 Å². The van der Waals surface area contributed by atoms with E-state index in [1.165, 1.54) is 83.5 Å². The summed E-state index contributed by atoms with van der Waals surface area (Å²) in [6, 6.07) is 0. The molecule has 13 nitrogen and oxygen atoms in total. The third-order valence-electron chi connectivity index (χ3n) is 9.97. The maximum absolute atomic E-state index is 12.8. The standard InChI is InChI=1S/C43H77O13P/c1-3-5-7-9-11-13-15-17-18-20-21-23-25-27-29-31-36(44)53-33-35(34-54-57(51,52)56-43-41(49)39(47)38(46)40(48)42(43)50)55-37(45)32-30-28-26-24-22-19-16-14-12-10-8-6-4-2/h13,15,19,22,26,28,35,38-43,46-50H,3-12,14,16-18,20-21,23-25,27,29-34H2,1-2H3,(H,51,52)/b15-13+,22-19+,28-26+/t35?,38?,39-,40?,41?,42?,43?/m0/s1. The SMILES string of the molecule is CCCCCC/C=C/CCCCCCCCCC(=O)OCC(COP(=O)(O)OC1C(O)C(O)C(O)[C@H](O)C1O)OC(=O)CC/C=C/C/C=C/CCCCCCCC. The van der Waals surface area contributed by atoms with Crippen molar-refractivity contribution in [3.05, 3.63) is 36.5 Å². The van der Waals surface area contributed by atoms with Crippen molar-refractivity contribution in [2.75, 3.05) is 13.2 Å². The van der Waals surface area contributed by atoms with Gasteiger partial charge in [-0.1, -0.05) is 134 Å². The molecule has 14 heteroatoms. The van der Waals surface area contributed by atoms with Gasteiger partial charge in [-0.05, 0) is 57.8 Å². The fourth-order valence-electron chi connectivity index (χ4n) is 6.39. The summed E-state index contributed by atoms with van der Waals surface area (Å²) in [7, 11) is -5.13. The third kappa shape index (κ3) is 26.7. The molecule has 0 bridgehead atoms. The first-order valence-electron chi connectivity index (χ1n) is 21.8. The molecule has 1 aliphatic rings. The van der Waals surface area contributed by atoms with E-state index < -0.39 is 75.7 Å². The van der Waals surface area contributed by atoms with Crippen molar-refractivity contribution >= 4 is 19.8 Å². The predicted molar refractivity (Wildman–Crippen MR) is 221 cm³/mol. The quantitative estimate of drug-likeness (QED) is 0.0156. The summed E-state index contributed by atoms with van der Waals surface area (Å²) in [5, 5.41) is 50.0. The third-order valence-corrected chi connectivity index (χ3v) is 11.0. The van der Waals surface area contributed by atoms with E-state index in [1.807, 2.05) is 12.2 Å². The van der Waals surface area contributed by atoms with Gasteiger partial charge in [0.25, 0.3) is 0 Å². The van der Waals surface area contributed by atoms with Crippen LogP contribution in [0.5, 0.6) is 0 Å². The second-order valence-corrected chi connectivity index (χ2v) is 16.6. The van der Waals surface area contributed by atoms with E-state index in [0.29, 0.717) is 12.8 Å². The zero-order valence-electron chi connectivity index (χ0n) is 34.9. The molecule has 0 amide bonds. The lowest BCUT2D eigenvalue weighted by atomic mass is 9.85. The van der Waals surface area contributed by atoms with E-state index in [9.17, 15) is 44.6 Å². The molecule has 1 saturated carbocycles. The lowest BCUT2D eigenvalue weighted by Crippen LogP contribution is -2.64. The normalized spacial score (nSPS) is 23.0. The van der Waals surface area contributed by atoms with E-state index in [1.54, 1.807) is 0 Å². The van der Waals surface area contributed by atoms with Gasteiger partial charge in [0.1, 0.15) is 43.2 Å². The number of unbranched alkanes of at least 4 members (excludes halogenated alkanes) is 17. The van der Waals surface area contributed by atoms with Gasteiger partial charge in [-0.3, -0.25) is 18.6 Å².